The Balaban J connectivity index is 2.32. The maximum atomic E-state index is 13.0. The number of benzene rings is 1. The summed E-state index contributed by atoms with van der Waals surface area (Å²) in [6.07, 6.45) is 0. The van der Waals surface area contributed by atoms with Gasteiger partial charge in [-0.1, -0.05) is 20.8 Å². The fourth-order valence-corrected chi connectivity index (χ4v) is 3.77. The molecule has 0 aliphatic carbocycles. The van der Waals surface area contributed by atoms with E-state index in [1.54, 1.807) is 25.2 Å². The molecule has 0 fully saturated rings. The summed E-state index contributed by atoms with van der Waals surface area (Å²) in [4.78, 5) is 12.9. The number of nitrogens with one attached hydrogen (secondary N) is 1. The zero-order valence-corrected chi connectivity index (χ0v) is 17.6. The van der Waals surface area contributed by atoms with Gasteiger partial charge < -0.3 is 10.1 Å². The van der Waals surface area contributed by atoms with E-state index in [1.807, 2.05) is 20.8 Å². The molecule has 1 amide bonds. The highest BCUT2D eigenvalue weighted by molar-refractivity contribution is 7.93. The van der Waals surface area contributed by atoms with E-state index in [2.05, 4.69) is 10.4 Å². The van der Waals surface area contributed by atoms with E-state index < -0.39 is 20.5 Å². The molecule has 8 heteroatoms. The average molecular weight is 394 g/mol. The van der Waals surface area contributed by atoms with E-state index in [1.165, 1.54) is 37.8 Å². The minimum absolute atomic E-state index is 0.0591. The lowest BCUT2D eigenvalue weighted by molar-refractivity contribution is -0.117. The average Bonchev–Trinajstić information content (AvgIpc) is 2.95. The first-order chi connectivity index (χ1) is 12.3. The lowest BCUT2D eigenvalue weighted by Crippen LogP contribution is -2.44. The van der Waals surface area contributed by atoms with Crippen LogP contribution >= 0.6 is 0 Å². The van der Waals surface area contributed by atoms with Crippen LogP contribution in [0, 0.1) is 0 Å². The molecular weight excluding hydrogens is 366 g/mol. The summed E-state index contributed by atoms with van der Waals surface area (Å²) in [6.45, 7) is 8.82. The fraction of sp³-hybridized carbons (Fsp3) is 0.474. The SMILES string of the molecule is COc1ccc(S(=O)(=O)C(C)(C)C(=O)Nc2cc(C(C)(C)C)nn2C)cc1. The Morgan fingerprint density at radius 2 is 1.67 bits per heavy atom. The van der Waals surface area contributed by atoms with Crippen molar-refractivity contribution >= 4 is 21.6 Å². The van der Waals surface area contributed by atoms with Gasteiger partial charge >= 0.3 is 0 Å². The second kappa shape index (κ2) is 6.99. The van der Waals surface area contributed by atoms with Crippen molar-refractivity contribution in [3.05, 3.63) is 36.0 Å². The zero-order chi connectivity index (χ0) is 20.6. The smallest absolute Gasteiger partial charge is 0.246 e. The summed E-state index contributed by atoms with van der Waals surface area (Å²) in [6, 6.07) is 7.74. The van der Waals surface area contributed by atoms with Gasteiger partial charge in [-0.2, -0.15) is 5.10 Å². The normalized spacial score (nSPS) is 12.7. The Bertz CT molecular complexity index is 936. The largest absolute Gasteiger partial charge is 0.497 e. The molecule has 1 heterocycles. The Morgan fingerprint density at radius 3 is 2.11 bits per heavy atom. The molecule has 27 heavy (non-hydrogen) atoms. The van der Waals surface area contributed by atoms with Gasteiger partial charge in [-0.05, 0) is 38.1 Å². The molecule has 0 unspecified atom stereocenters. The van der Waals surface area contributed by atoms with Gasteiger partial charge in [-0.25, -0.2) is 8.42 Å². The number of sulfone groups is 1. The van der Waals surface area contributed by atoms with E-state index in [-0.39, 0.29) is 10.3 Å². The van der Waals surface area contributed by atoms with Crippen molar-refractivity contribution in [2.45, 2.75) is 49.7 Å². The third kappa shape index (κ3) is 4.00. The molecule has 0 aliphatic heterocycles. The van der Waals surface area contributed by atoms with E-state index in [0.29, 0.717) is 11.6 Å². The molecule has 0 aliphatic rings. The number of aromatic nitrogens is 2. The van der Waals surface area contributed by atoms with Gasteiger partial charge in [0.2, 0.25) is 5.91 Å². The highest BCUT2D eigenvalue weighted by Gasteiger charge is 2.43. The second-order valence-electron chi connectivity index (χ2n) is 7.93. The first-order valence-electron chi connectivity index (χ1n) is 8.55. The number of amides is 1. The van der Waals surface area contributed by atoms with Crippen LogP contribution < -0.4 is 10.1 Å². The predicted octanol–water partition coefficient (Wildman–Crippen LogP) is 2.92. The molecule has 0 atom stereocenters. The number of nitrogens with zero attached hydrogens (tertiary/aromatic N) is 2. The van der Waals surface area contributed by atoms with Gasteiger partial charge in [0.05, 0.1) is 17.7 Å². The first kappa shape index (κ1) is 21.0. The second-order valence-corrected chi connectivity index (χ2v) is 10.4. The minimum Gasteiger partial charge on any atom is -0.497 e. The van der Waals surface area contributed by atoms with Gasteiger partial charge in [0.25, 0.3) is 0 Å². The molecule has 2 aromatic rings. The van der Waals surface area contributed by atoms with Gasteiger partial charge in [0.15, 0.2) is 9.84 Å². The van der Waals surface area contributed by atoms with Gasteiger partial charge in [-0.3, -0.25) is 9.48 Å². The molecule has 7 nitrogen and oxygen atoms in total. The summed E-state index contributed by atoms with van der Waals surface area (Å²) in [5.74, 6) is 0.366. The van der Waals surface area contributed by atoms with Crippen LogP contribution in [0.25, 0.3) is 0 Å². The number of carbonyl (C=O) groups excluding carboxylic acids is 1. The van der Waals surface area contributed by atoms with E-state index in [4.69, 9.17) is 4.74 Å². The topological polar surface area (TPSA) is 90.3 Å². The molecule has 0 spiro atoms. The van der Waals surface area contributed by atoms with Crippen molar-refractivity contribution in [1.82, 2.24) is 9.78 Å². The molecule has 0 radical (unpaired) electrons. The number of aryl methyl sites for hydroxylation is 1. The molecule has 2 rings (SSSR count). The van der Waals surface area contributed by atoms with Crippen molar-refractivity contribution in [3.63, 3.8) is 0 Å². The number of ether oxygens (including phenoxy) is 1. The molecular formula is C19H27N3O4S. The fourth-order valence-electron chi connectivity index (χ4n) is 2.39. The van der Waals surface area contributed by atoms with E-state index in [9.17, 15) is 13.2 Å². The number of rotatable bonds is 5. The van der Waals surface area contributed by atoms with Crippen LogP contribution in [0.5, 0.6) is 5.75 Å². The molecule has 1 N–H and O–H groups in total. The highest BCUT2D eigenvalue weighted by atomic mass is 32.2. The maximum absolute atomic E-state index is 13.0. The third-order valence-corrected chi connectivity index (χ3v) is 6.90. The highest BCUT2D eigenvalue weighted by Crippen LogP contribution is 2.29. The lowest BCUT2D eigenvalue weighted by Gasteiger charge is -2.24. The van der Waals surface area contributed by atoms with Crippen molar-refractivity contribution in [2.75, 3.05) is 12.4 Å². The molecule has 0 saturated heterocycles. The molecule has 0 saturated carbocycles. The number of carbonyl (C=O) groups is 1. The van der Waals surface area contributed by atoms with Crippen molar-refractivity contribution in [3.8, 4) is 5.75 Å². The monoisotopic (exact) mass is 393 g/mol. The number of hydrogen-bond acceptors (Lipinski definition) is 5. The summed E-state index contributed by atoms with van der Waals surface area (Å²) in [5.41, 5.74) is 0.613. The quantitative estimate of drug-likeness (QED) is 0.843. The summed E-state index contributed by atoms with van der Waals surface area (Å²) in [5, 5.41) is 7.09. The summed E-state index contributed by atoms with van der Waals surface area (Å²) >= 11 is 0. The maximum Gasteiger partial charge on any atom is 0.246 e. The van der Waals surface area contributed by atoms with Crippen LogP contribution in [0.1, 0.15) is 40.3 Å². The van der Waals surface area contributed by atoms with Crippen LogP contribution in [-0.4, -0.2) is 36.0 Å². The van der Waals surface area contributed by atoms with Crippen molar-refractivity contribution in [1.29, 1.82) is 0 Å². The summed E-state index contributed by atoms with van der Waals surface area (Å²) < 4.78 is 30.9. The predicted molar refractivity (Wildman–Crippen MR) is 105 cm³/mol. The van der Waals surface area contributed by atoms with Crippen LogP contribution in [0.15, 0.2) is 35.2 Å². The minimum atomic E-state index is -3.91. The van der Waals surface area contributed by atoms with Crippen LogP contribution in [0.4, 0.5) is 5.82 Å². The first-order valence-corrected chi connectivity index (χ1v) is 10.0. The number of methoxy groups -OCH3 is 1. The van der Waals surface area contributed by atoms with Crippen LogP contribution in [-0.2, 0) is 27.1 Å². The molecule has 1 aromatic heterocycles. The Morgan fingerprint density at radius 1 is 1.11 bits per heavy atom. The van der Waals surface area contributed by atoms with Gasteiger partial charge in [0.1, 0.15) is 16.3 Å². The van der Waals surface area contributed by atoms with Crippen LogP contribution in [0.2, 0.25) is 0 Å². The Labute approximate surface area is 160 Å². The molecule has 148 valence electrons. The number of hydrogen-bond donors (Lipinski definition) is 1. The van der Waals surface area contributed by atoms with Gasteiger partial charge in [0, 0.05) is 18.5 Å². The number of anilines is 1. The summed E-state index contributed by atoms with van der Waals surface area (Å²) in [7, 11) is -0.710. The zero-order valence-electron chi connectivity index (χ0n) is 16.8. The van der Waals surface area contributed by atoms with E-state index >= 15 is 0 Å². The van der Waals surface area contributed by atoms with Crippen LogP contribution in [0.3, 0.4) is 0 Å². The van der Waals surface area contributed by atoms with Gasteiger partial charge in [-0.15, -0.1) is 0 Å². The molecule has 1 aromatic carbocycles. The lowest BCUT2D eigenvalue weighted by atomic mass is 9.92. The standard InChI is InChI=1S/C19H27N3O4S/c1-18(2,3)15-12-16(22(6)21-15)20-17(23)19(4,5)27(24,25)14-10-8-13(26-7)9-11-14/h8-12H,1-7H3,(H,20,23). The van der Waals surface area contributed by atoms with E-state index in [0.717, 1.165) is 5.69 Å². The Hall–Kier alpha value is -2.35. The Kier molecular flexibility index (Phi) is 5.43. The third-order valence-electron chi connectivity index (χ3n) is 4.48. The molecule has 0 bridgehead atoms. The van der Waals surface area contributed by atoms with Crippen molar-refractivity contribution < 1.29 is 17.9 Å². The van der Waals surface area contributed by atoms with Crippen molar-refractivity contribution in [2.24, 2.45) is 7.05 Å².